The van der Waals surface area contributed by atoms with Gasteiger partial charge in [0, 0.05) is 5.02 Å². The van der Waals surface area contributed by atoms with Gasteiger partial charge in [0.1, 0.15) is 0 Å². The van der Waals surface area contributed by atoms with E-state index in [1.54, 1.807) is 0 Å². The van der Waals surface area contributed by atoms with E-state index in [1.165, 1.54) is 55.7 Å². The predicted molar refractivity (Wildman–Crippen MR) is 87.7 cm³/mol. The number of likely N-dealkylation sites (tertiary alicyclic amines) is 1. The highest BCUT2D eigenvalue weighted by Gasteiger charge is 2.26. The highest BCUT2D eigenvalue weighted by molar-refractivity contribution is 6.77. The van der Waals surface area contributed by atoms with Gasteiger partial charge in [-0.2, -0.15) is 0 Å². The van der Waals surface area contributed by atoms with Crippen molar-refractivity contribution in [2.45, 2.75) is 45.3 Å². The maximum absolute atomic E-state index is 6.39. The molecule has 1 aromatic rings. The second kappa shape index (κ2) is 6.42. The fourth-order valence-electron chi connectivity index (χ4n) is 3.09. The number of hydrogen-bond acceptors (Lipinski definition) is 1. The quantitative estimate of drug-likeness (QED) is 0.741. The van der Waals surface area contributed by atoms with Gasteiger partial charge < -0.3 is 4.90 Å². The Balaban J connectivity index is 1.99. The summed E-state index contributed by atoms with van der Waals surface area (Å²) in [6.07, 6.45) is 5.50. The van der Waals surface area contributed by atoms with Crippen molar-refractivity contribution < 1.29 is 0 Å². The first-order chi connectivity index (χ1) is 8.96. The topological polar surface area (TPSA) is 3.24 Å². The average Bonchev–Trinajstić information content (AvgIpc) is 2.33. The summed E-state index contributed by atoms with van der Waals surface area (Å²) in [5, 5.41) is 0.958. The van der Waals surface area contributed by atoms with Crippen LogP contribution in [0.1, 0.15) is 30.4 Å². The van der Waals surface area contributed by atoms with Gasteiger partial charge in [0.2, 0.25) is 0 Å². The molecule has 106 valence electrons. The molecule has 0 unspecified atom stereocenters. The summed E-state index contributed by atoms with van der Waals surface area (Å²) in [6, 6.07) is 7.71. The van der Waals surface area contributed by atoms with Crippen LogP contribution in [0, 0.1) is 6.92 Å². The molecule has 19 heavy (non-hydrogen) atoms. The van der Waals surface area contributed by atoms with Crippen molar-refractivity contribution >= 4 is 19.7 Å². The summed E-state index contributed by atoms with van der Waals surface area (Å²) in [4.78, 5) is 2.68. The first kappa shape index (κ1) is 15.1. The predicted octanol–water partition coefficient (Wildman–Crippen LogP) is 4.46. The molecule has 0 bridgehead atoms. The Bertz CT molecular complexity index is 425. The first-order valence-electron chi connectivity index (χ1n) is 7.44. The summed E-state index contributed by atoms with van der Waals surface area (Å²) < 4.78 is 0. The Morgan fingerprint density at radius 2 is 1.84 bits per heavy atom. The second-order valence-electron chi connectivity index (χ2n) is 6.77. The molecule has 1 fully saturated rings. The third-order valence-electron chi connectivity index (χ3n) is 3.98. The number of hydrogen-bond donors (Lipinski definition) is 0. The zero-order chi connectivity index (χ0) is 13.9. The number of nitrogens with zero attached hydrogens (tertiary/aromatic N) is 1. The van der Waals surface area contributed by atoms with E-state index in [2.05, 4.69) is 43.1 Å². The van der Waals surface area contributed by atoms with Gasteiger partial charge in [-0.3, -0.25) is 0 Å². The fraction of sp³-hybridized carbons (Fsp3) is 0.625. The molecule has 1 heterocycles. The normalized spacial score (nSPS) is 17.7. The van der Waals surface area contributed by atoms with Gasteiger partial charge in [-0.1, -0.05) is 43.2 Å². The summed E-state index contributed by atoms with van der Waals surface area (Å²) in [7, 11) is -1.24. The molecule has 0 saturated carbocycles. The van der Waals surface area contributed by atoms with E-state index in [0.717, 1.165) is 5.02 Å². The number of halogens is 1. The summed E-state index contributed by atoms with van der Waals surface area (Å²) in [5.41, 5.74) is 2.60. The van der Waals surface area contributed by atoms with Crippen molar-refractivity contribution in [1.82, 2.24) is 4.90 Å². The van der Waals surface area contributed by atoms with Crippen LogP contribution in [0.3, 0.4) is 0 Å². The maximum Gasteiger partial charge on any atom is 0.0673 e. The Morgan fingerprint density at radius 1 is 1.16 bits per heavy atom. The van der Waals surface area contributed by atoms with Gasteiger partial charge in [0.15, 0.2) is 0 Å². The Kier molecular flexibility index (Phi) is 5.10. The van der Waals surface area contributed by atoms with Gasteiger partial charge in [-0.15, -0.1) is 0 Å². The lowest BCUT2D eigenvalue weighted by molar-refractivity contribution is 0.258. The van der Waals surface area contributed by atoms with E-state index in [1.807, 2.05) is 0 Å². The summed E-state index contributed by atoms with van der Waals surface area (Å²) in [6.45, 7) is 9.71. The van der Waals surface area contributed by atoms with Crippen molar-refractivity contribution in [2.75, 3.05) is 19.3 Å². The molecule has 3 heteroatoms. The van der Waals surface area contributed by atoms with Gasteiger partial charge in [0.05, 0.1) is 8.07 Å². The molecule has 0 aliphatic carbocycles. The molecule has 2 rings (SSSR count). The van der Waals surface area contributed by atoms with Crippen LogP contribution in [0.4, 0.5) is 0 Å². The molecule has 0 N–H and O–H groups in total. The van der Waals surface area contributed by atoms with Gasteiger partial charge in [0.25, 0.3) is 0 Å². The minimum Gasteiger partial charge on any atom is -0.306 e. The molecule has 0 amide bonds. The molecular weight excluding hydrogens is 270 g/mol. The SMILES string of the molecule is Cc1ccc(C[Si](C)(C)CN2CCCCC2)c(Cl)c1. The monoisotopic (exact) mass is 295 g/mol. The van der Waals surface area contributed by atoms with Crippen molar-refractivity contribution in [1.29, 1.82) is 0 Å². The summed E-state index contributed by atoms with van der Waals surface area (Å²) in [5.74, 6) is 0. The van der Waals surface area contributed by atoms with Crippen molar-refractivity contribution in [3.05, 3.63) is 34.3 Å². The van der Waals surface area contributed by atoms with Crippen LogP contribution in [0.25, 0.3) is 0 Å². The molecule has 0 aromatic heterocycles. The van der Waals surface area contributed by atoms with Crippen LogP contribution in [0.15, 0.2) is 18.2 Å². The molecule has 0 spiro atoms. The molecule has 1 saturated heterocycles. The van der Waals surface area contributed by atoms with E-state index >= 15 is 0 Å². The lowest BCUT2D eigenvalue weighted by Crippen LogP contribution is -2.46. The van der Waals surface area contributed by atoms with Crippen molar-refractivity contribution in [2.24, 2.45) is 0 Å². The minimum atomic E-state index is -1.24. The number of piperidine rings is 1. The largest absolute Gasteiger partial charge is 0.306 e. The Labute approximate surface area is 124 Å². The second-order valence-corrected chi connectivity index (χ2v) is 12.2. The van der Waals surface area contributed by atoms with Crippen LogP contribution in [-0.4, -0.2) is 32.2 Å². The van der Waals surface area contributed by atoms with E-state index in [0.29, 0.717) is 0 Å². The lowest BCUT2D eigenvalue weighted by atomic mass is 10.1. The first-order valence-corrected chi connectivity index (χ1v) is 11.2. The molecule has 1 aliphatic rings. The van der Waals surface area contributed by atoms with E-state index in [4.69, 9.17) is 11.6 Å². The van der Waals surface area contributed by atoms with Gasteiger partial charge in [-0.05, 0) is 62.3 Å². The standard InChI is InChI=1S/C16H26ClNSi/c1-14-7-8-15(16(17)11-14)12-19(2,3)13-18-9-5-4-6-10-18/h7-8,11H,4-6,9-10,12-13H2,1-3H3. The van der Waals surface area contributed by atoms with Crippen molar-refractivity contribution in [3.8, 4) is 0 Å². The third-order valence-corrected chi connectivity index (χ3v) is 6.97. The zero-order valence-corrected chi connectivity index (χ0v) is 14.3. The average molecular weight is 296 g/mol. The fourth-order valence-corrected chi connectivity index (χ4v) is 6.48. The molecule has 1 aromatic carbocycles. The number of rotatable bonds is 4. The molecule has 0 radical (unpaired) electrons. The van der Waals surface area contributed by atoms with Gasteiger partial charge >= 0.3 is 0 Å². The third kappa shape index (κ3) is 4.62. The Hall–Kier alpha value is -0.313. The van der Waals surface area contributed by atoms with Crippen molar-refractivity contribution in [3.63, 3.8) is 0 Å². The zero-order valence-electron chi connectivity index (χ0n) is 12.5. The molecule has 1 aliphatic heterocycles. The molecular formula is C16H26ClNSi. The molecule has 1 nitrogen and oxygen atoms in total. The highest BCUT2D eigenvalue weighted by atomic mass is 35.5. The lowest BCUT2D eigenvalue weighted by Gasteiger charge is -2.34. The van der Waals surface area contributed by atoms with Crippen LogP contribution in [0.2, 0.25) is 18.1 Å². The Morgan fingerprint density at radius 3 is 2.47 bits per heavy atom. The minimum absolute atomic E-state index is 0.958. The van der Waals surface area contributed by atoms with Crippen LogP contribution in [-0.2, 0) is 6.04 Å². The van der Waals surface area contributed by atoms with E-state index in [-0.39, 0.29) is 0 Å². The maximum atomic E-state index is 6.39. The van der Waals surface area contributed by atoms with Gasteiger partial charge in [-0.25, -0.2) is 0 Å². The van der Waals surface area contributed by atoms with Crippen LogP contribution < -0.4 is 0 Å². The van der Waals surface area contributed by atoms with Crippen LogP contribution in [0.5, 0.6) is 0 Å². The molecule has 0 atom stereocenters. The van der Waals surface area contributed by atoms with E-state index in [9.17, 15) is 0 Å². The number of benzene rings is 1. The van der Waals surface area contributed by atoms with E-state index < -0.39 is 8.07 Å². The van der Waals surface area contributed by atoms with Crippen LogP contribution >= 0.6 is 11.6 Å². The summed E-state index contributed by atoms with van der Waals surface area (Å²) >= 11 is 6.39. The number of aryl methyl sites for hydroxylation is 1. The smallest absolute Gasteiger partial charge is 0.0673 e. The highest BCUT2D eigenvalue weighted by Crippen LogP contribution is 2.23.